The summed E-state index contributed by atoms with van der Waals surface area (Å²) in [6, 6.07) is -0.0464. The van der Waals surface area contributed by atoms with Crippen molar-refractivity contribution in [3.05, 3.63) is 0 Å². The van der Waals surface area contributed by atoms with E-state index >= 15 is 0 Å². The van der Waals surface area contributed by atoms with Gasteiger partial charge in [-0.25, -0.2) is 9.69 Å². The van der Waals surface area contributed by atoms with Crippen molar-refractivity contribution >= 4 is 12.0 Å². The van der Waals surface area contributed by atoms with Gasteiger partial charge in [0.15, 0.2) is 0 Å². The van der Waals surface area contributed by atoms with Crippen LogP contribution in [0.25, 0.3) is 0 Å². The standard InChI is InChI=1S/C12H21NO3/c1-11(2,3)8-7-9(14)13(8)10(15)16-12(4,5)6/h8H,7H2,1-6H3. The van der Waals surface area contributed by atoms with Crippen LogP contribution >= 0.6 is 0 Å². The van der Waals surface area contributed by atoms with E-state index in [1.54, 1.807) is 20.8 Å². The van der Waals surface area contributed by atoms with Gasteiger partial charge in [0.05, 0.1) is 6.04 Å². The normalized spacial score (nSPS) is 21.8. The van der Waals surface area contributed by atoms with Crippen molar-refractivity contribution in [2.45, 2.75) is 59.6 Å². The summed E-state index contributed by atoms with van der Waals surface area (Å²) in [4.78, 5) is 24.5. The van der Waals surface area contributed by atoms with Crippen molar-refractivity contribution in [3.63, 3.8) is 0 Å². The molecule has 0 N–H and O–H groups in total. The van der Waals surface area contributed by atoms with Crippen LogP contribution < -0.4 is 0 Å². The zero-order chi connectivity index (χ0) is 12.7. The summed E-state index contributed by atoms with van der Waals surface area (Å²) in [6.07, 6.45) is -0.0911. The average Bonchev–Trinajstić information content (AvgIpc) is 1.93. The molecule has 4 heteroatoms. The highest BCUT2D eigenvalue weighted by Gasteiger charge is 2.48. The Bertz CT molecular complexity index is 309. The van der Waals surface area contributed by atoms with Crippen LogP contribution in [-0.4, -0.2) is 28.5 Å². The highest BCUT2D eigenvalue weighted by atomic mass is 16.6. The lowest BCUT2D eigenvalue weighted by molar-refractivity contribution is -0.149. The second-order valence-electron chi connectivity index (χ2n) is 6.33. The van der Waals surface area contributed by atoms with Gasteiger partial charge >= 0.3 is 6.09 Å². The molecule has 1 rings (SSSR count). The molecule has 2 amide bonds. The molecule has 4 nitrogen and oxygen atoms in total. The Morgan fingerprint density at radius 2 is 1.75 bits per heavy atom. The summed E-state index contributed by atoms with van der Waals surface area (Å²) in [5.74, 6) is -0.144. The van der Waals surface area contributed by atoms with Gasteiger partial charge in [-0.2, -0.15) is 0 Å². The van der Waals surface area contributed by atoms with Gasteiger partial charge in [0.1, 0.15) is 5.60 Å². The molecule has 1 unspecified atom stereocenters. The summed E-state index contributed by atoms with van der Waals surface area (Å²) in [5.41, 5.74) is -0.653. The van der Waals surface area contributed by atoms with Crippen LogP contribution in [0.15, 0.2) is 0 Å². The van der Waals surface area contributed by atoms with E-state index in [9.17, 15) is 9.59 Å². The number of carbonyl (C=O) groups is 2. The maximum absolute atomic E-state index is 11.8. The van der Waals surface area contributed by atoms with Crippen LogP contribution in [-0.2, 0) is 9.53 Å². The highest BCUT2D eigenvalue weighted by molar-refractivity contribution is 5.97. The fourth-order valence-corrected chi connectivity index (χ4v) is 1.65. The molecule has 1 heterocycles. The predicted molar refractivity (Wildman–Crippen MR) is 60.9 cm³/mol. The fraction of sp³-hybridized carbons (Fsp3) is 0.833. The third-order valence-corrected chi connectivity index (χ3v) is 2.54. The van der Waals surface area contributed by atoms with Gasteiger partial charge in [-0.05, 0) is 26.2 Å². The monoisotopic (exact) mass is 227 g/mol. The lowest BCUT2D eigenvalue weighted by Gasteiger charge is -2.46. The quantitative estimate of drug-likeness (QED) is 0.597. The van der Waals surface area contributed by atoms with E-state index in [4.69, 9.17) is 4.74 Å². The van der Waals surface area contributed by atoms with Gasteiger partial charge in [0, 0.05) is 6.42 Å². The van der Waals surface area contributed by atoms with Gasteiger partial charge in [0.2, 0.25) is 5.91 Å². The Morgan fingerprint density at radius 3 is 2.06 bits per heavy atom. The van der Waals surface area contributed by atoms with Crippen molar-refractivity contribution < 1.29 is 14.3 Å². The molecule has 1 aliphatic heterocycles. The van der Waals surface area contributed by atoms with Crippen molar-refractivity contribution in [3.8, 4) is 0 Å². The number of ether oxygens (including phenoxy) is 1. The molecule has 0 aromatic rings. The largest absolute Gasteiger partial charge is 0.443 e. The van der Waals surface area contributed by atoms with Gasteiger partial charge in [-0.1, -0.05) is 20.8 Å². The summed E-state index contributed by atoms with van der Waals surface area (Å²) < 4.78 is 5.20. The minimum absolute atomic E-state index is 0.0464. The number of hydrogen-bond acceptors (Lipinski definition) is 3. The summed E-state index contributed by atoms with van der Waals surface area (Å²) in [7, 11) is 0. The number of likely N-dealkylation sites (tertiary alicyclic amines) is 1. The van der Waals surface area contributed by atoms with Crippen LogP contribution in [0.3, 0.4) is 0 Å². The summed E-state index contributed by atoms with van der Waals surface area (Å²) >= 11 is 0. The summed E-state index contributed by atoms with van der Waals surface area (Å²) in [5, 5.41) is 0. The van der Waals surface area contributed by atoms with Gasteiger partial charge < -0.3 is 4.74 Å². The first kappa shape index (κ1) is 13.0. The van der Waals surface area contributed by atoms with Gasteiger partial charge in [0.25, 0.3) is 0 Å². The number of hydrogen-bond donors (Lipinski definition) is 0. The van der Waals surface area contributed by atoms with Crippen LogP contribution in [0.2, 0.25) is 0 Å². The minimum atomic E-state index is -0.560. The maximum Gasteiger partial charge on any atom is 0.417 e. The maximum atomic E-state index is 11.8. The number of nitrogens with zero attached hydrogens (tertiary/aromatic N) is 1. The molecule has 0 aliphatic carbocycles. The fourth-order valence-electron chi connectivity index (χ4n) is 1.65. The molecule has 92 valence electrons. The SMILES string of the molecule is CC(C)(C)OC(=O)N1C(=O)CC1C(C)(C)C. The zero-order valence-corrected chi connectivity index (χ0v) is 11.0. The second-order valence-corrected chi connectivity index (χ2v) is 6.33. The van der Waals surface area contributed by atoms with E-state index in [0.717, 1.165) is 0 Å². The molecule has 0 spiro atoms. The molecule has 1 fully saturated rings. The van der Waals surface area contributed by atoms with Crippen LogP contribution in [0.5, 0.6) is 0 Å². The summed E-state index contributed by atoms with van der Waals surface area (Å²) in [6.45, 7) is 11.4. The van der Waals surface area contributed by atoms with E-state index < -0.39 is 11.7 Å². The second kappa shape index (κ2) is 3.75. The lowest BCUT2D eigenvalue weighted by Crippen LogP contribution is -2.61. The van der Waals surface area contributed by atoms with Crippen molar-refractivity contribution in [1.82, 2.24) is 4.90 Å². The first-order valence-electron chi connectivity index (χ1n) is 5.57. The molecule has 0 bridgehead atoms. The number of amides is 2. The average molecular weight is 227 g/mol. The molecule has 16 heavy (non-hydrogen) atoms. The van der Waals surface area contributed by atoms with E-state index in [2.05, 4.69) is 0 Å². The Kier molecular flexibility index (Phi) is 3.05. The Hall–Kier alpha value is -1.06. The Balaban J connectivity index is 2.72. The highest BCUT2D eigenvalue weighted by Crippen LogP contribution is 2.35. The molecular formula is C12H21NO3. The van der Waals surface area contributed by atoms with E-state index in [1.807, 2.05) is 20.8 Å². The Morgan fingerprint density at radius 1 is 1.25 bits per heavy atom. The van der Waals surface area contributed by atoms with Gasteiger partial charge in [-0.3, -0.25) is 4.79 Å². The molecule has 0 radical (unpaired) electrons. The zero-order valence-electron chi connectivity index (χ0n) is 11.0. The first-order chi connectivity index (χ1) is 7.02. The van der Waals surface area contributed by atoms with Crippen LogP contribution in [0, 0.1) is 5.41 Å². The molecule has 0 aromatic carbocycles. The van der Waals surface area contributed by atoms with Gasteiger partial charge in [-0.15, -0.1) is 0 Å². The third kappa shape index (κ3) is 2.74. The number of imide groups is 1. The number of β-lactam (4-membered cyclic amide) rings is 1. The van der Waals surface area contributed by atoms with Crippen LogP contribution in [0.4, 0.5) is 4.79 Å². The molecule has 1 saturated heterocycles. The van der Waals surface area contributed by atoms with E-state index in [0.29, 0.717) is 6.42 Å². The molecule has 1 atom stereocenters. The smallest absolute Gasteiger partial charge is 0.417 e. The van der Waals surface area contributed by atoms with Crippen molar-refractivity contribution in [2.75, 3.05) is 0 Å². The lowest BCUT2D eigenvalue weighted by atomic mass is 9.79. The predicted octanol–water partition coefficient (Wildman–Crippen LogP) is 2.57. The number of carbonyl (C=O) groups excluding carboxylic acids is 2. The third-order valence-electron chi connectivity index (χ3n) is 2.54. The first-order valence-corrected chi connectivity index (χ1v) is 5.57. The molecule has 1 aliphatic rings. The van der Waals surface area contributed by atoms with Crippen LogP contribution in [0.1, 0.15) is 48.0 Å². The van der Waals surface area contributed by atoms with E-state index in [-0.39, 0.29) is 17.4 Å². The molecule has 0 aromatic heterocycles. The molecule has 0 saturated carbocycles. The minimum Gasteiger partial charge on any atom is -0.443 e. The molecular weight excluding hydrogens is 206 g/mol. The van der Waals surface area contributed by atoms with Crippen molar-refractivity contribution in [2.24, 2.45) is 5.41 Å². The number of rotatable bonds is 0. The topological polar surface area (TPSA) is 46.6 Å². The Labute approximate surface area is 96.9 Å². The van der Waals surface area contributed by atoms with E-state index in [1.165, 1.54) is 4.90 Å². The van der Waals surface area contributed by atoms with Crippen molar-refractivity contribution in [1.29, 1.82) is 0 Å².